The maximum atomic E-state index is 11.7. The summed E-state index contributed by atoms with van der Waals surface area (Å²) in [6.07, 6.45) is 1.33. The van der Waals surface area contributed by atoms with Crippen LogP contribution in [0.3, 0.4) is 0 Å². The van der Waals surface area contributed by atoms with Crippen molar-refractivity contribution in [2.24, 2.45) is 5.10 Å². The molecular formula is C13H15ClN4O4. The highest BCUT2D eigenvalue weighted by Crippen LogP contribution is 2.24. The standard InChI is InChI=1S/C13H15ClN4O4/c14-11-2-1-10(7-12(11)18(20)21)8-15-16-13(19)9-17-3-5-22-6-4-17/h1-2,7-8H,3-6,9H2,(H,16,19)/b15-8+. The third-order valence-corrected chi connectivity index (χ3v) is 3.36. The summed E-state index contributed by atoms with van der Waals surface area (Å²) in [5.74, 6) is -0.249. The Morgan fingerprint density at radius 3 is 2.91 bits per heavy atom. The largest absolute Gasteiger partial charge is 0.379 e. The number of carbonyl (C=O) groups is 1. The molecular weight excluding hydrogens is 312 g/mol. The van der Waals surface area contributed by atoms with Crippen molar-refractivity contribution in [3.63, 3.8) is 0 Å². The fourth-order valence-electron chi connectivity index (χ4n) is 1.93. The Labute approximate surface area is 131 Å². The van der Waals surface area contributed by atoms with E-state index in [1.165, 1.54) is 18.3 Å². The van der Waals surface area contributed by atoms with Gasteiger partial charge in [-0.15, -0.1) is 0 Å². The molecule has 0 bridgehead atoms. The van der Waals surface area contributed by atoms with Gasteiger partial charge in [-0.3, -0.25) is 19.8 Å². The highest BCUT2D eigenvalue weighted by molar-refractivity contribution is 6.32. The second-order valence-electron chi connectivity index (χ2n) is 4.65. The van der Waals surface area contributed by atoms with Crippen molar-refractivity contribution in [3.8, 4) is 0 Å². The fourth-order valence-corrected chi connectivity index (χ4v) is 2.11. The molecule has 1 aliphatic rings. The second-order valence-corrected chi connectivity index (χ2v) is 5.06. The van der Waals surface area contributed by atoms with Gasteiger partial charge in [0.25, 0.3) is 11.6 Å². The summed E-state index contributed by atoms with van der Waals surface area (Å²) in [4.78, 5) is 23.8. The molecule has 8 nitrogen and oxygen atoms in total. The molecule has 0 saturated carbocycles. The maximum Gasteiger partial charge on any atom is 0.288 e. The summed E-state index contributed by atoms with van der Waals surface area (Å²) >= 11 is 5.71. The second kappa shape index (κ2) is 7.83. The molecule has 1 N–H and O–H groups in total. The minimum Gasteiger partial charge on any atom is -0.379 e. The minimum atomic E-state index is -0.573. The third kappa shape index (κ3) is 4.76. The highest BCUT2D eigenvalue weighted by atomic mass is 35.5. The van der Waals surface area contributed by atoms with Crippen molar-refractivity contribution in [3.05, 3.63) is 38.9 Å². The Morgan fingerprint density at radius 2 is 2.23 bits per heavy atom. The summed E-state index contributed by atoms with van der Waals surface area (Å²) in [5, 5.41) is 14.6. The first-order chi connectivity index (χ1) is 10.6. The zero-order chi connectivity index (χ0) is 15.9. The first kappa shape index (κ1) is 16.3. The number of benzene rings is 1. The Balaban J connectivity index is 1.87. The summed E-state index contributed by atoms with van der Waals surface area (Å²) in [6, 6.07) is 4.28. The van der Waals surface area contributed by atoms with E-state index in [0.717, 1.165) is 0 Å². The molecule has 1 aromatic carbocycles. The monoisotopic (exact) mass is 326 g/mol. The van der Waals surface area contributed by atoms with Gasteiger partial charge in [-0.05, 0) is 6.07 Å². The predicted molar refractivity (Wildman–Crippen MR) is 81.1 cm³/mol. The van der Waals surface area contributed by atoms with Crippen molar-refractivity contribution in [2.75, 3.05) is 32.8 Å². The number of nitrogens with zero attached hydrogens (tertiary/aromatic N) is 3. The zero-order valence-electron chi connectivity index (χ0n) is 11.7. The molecule has 0 atom stereocenters. The fraction of sp³-hybridized carbons (Fsp3) is 0.385. The minimum absolute atomic E-state index is 0.0542. The summed E-state index contributed by atoms with van der Waals surface area (Å²) in [6.45, 7) is 2.89. The molecule has 0 aromatic heterocycles. The molecule has 0 spiro atoms. The molecule has 0 aliphatic carbocycles. The van der Waals surface area contributed by atoms with Crippen LogP contribution in [0.2, 0.25) is 5.02 Å². The van der Waals surface area contributed by atoms with Gasteiger partial charge in [-0.25, -0.2) is 5.43 Å². The van der Waals surface area contributed by atoms with E-state index in [1.807, 2.05) is 4.90 Å². The van der Waals surface area contributed by atoms with Crippen LogP contribution in [-0.2, 0) is 9.53 Å². The van der Waals surface area contributed by atoms with E-state index in [0.29, 0.717) is 31.9 Å². The van der Waals surface area contributed by atoms with E-state index >= 15 is 0 Å². The van der Waals surface area contributed by atoms with Crippen LogP contribution < -0.4 is 5.43 Å². The zero-order valence-corrected chi connectivity index (χ0v) is 12.5. The molecule has 1 fully saturated rings. The van der Waals surface area contributed by atoms with Gasteiger partial charge in [0.15, 0.2) is 0 Å². The van der Waals surface area contributed by atoms with E-state index in [-0.39, 0.29) is 23.2 Å². The molecule has 1 heterocycles. The van der Waals surface area contributed by atoms with E-state index in [2.05, 4.69) is 10.5 Å². The molecule has 1 aliphatic heterocycles. The molecule has 22 heavy (non-hydrogen) atoms. The molecule has 1 aromatic rings. The van der Waals surface area contributed by atoms with Crippen molar-refractivity contribution in [1.29, 1.82) is 0 Å². The number of rotatable bonds is 5. The van der Waals surface area contributed by atoms with Crippen LogP contribution in [0.25, 0.3) is 0 Å². The van der Waals surface area contributed by atoms with Gasteiger partial charge in [-0.1, -0.05) is 17.7 Å². The molecule has 0 unspecified atom stereocenters. The summed E-state index contributed by atoms with van der Waals surface area (Å²) in [7, 11) is 0. The van der Waals surface area contributed by atoms with Gasteiger partial charge in [0.2, 0.25) is 0 Å². The number of hydrogen-bond acceptors (Lipinski definition) is 6. The highest BCUT2D eigenvalue weighted by Gasteiger charge is 2.14. The van der Waals surface area contributed by atoms with Crippen LogP contribution in [0.15, 0.2) is 23.3 Å². The Hall–Kier alpha value is -2.03. The molecule has 1 amide bonds. The SMILES string of the molecule is O=C(CN1CCOCC1)N/N=C/c1ccc(Cl)c([N+](=O)[O-])c1. The van der Waals surface area contributed by atoms with Crippen LogP contribution >= 0.6 is 11.6 Å². The van der Waals surface area contributed by atoms with Crippen LogP contribution in [0.4, 0.5) is 5.69 Å². The van der Waals surface area contributed by atoms with Crippen LogP contribution in [0.1, 0.15) is 5.56 Å². The van der Waals surface area contributed by atoms with Crippen LogP contribution in [0, 0.1) is 10.1 Å². The van der Waals surface area contributed by atoms with Gasteiger partial charge in [0.1, 0.15) is 5.02 Å². The Morgan fingerprint density at radius 1 is 1.50 bits per heavy atom. The van der Waals surface area contributed by atoms with Gasteiger partial charge in [0, 0.05) is 24.7 Å². The normalized spacial score (nSPS) is 15.9. The van der Waals surface area contributed by atoms with Gasteiger partial charge in [0.05, 0.1) is 30.9 Å². The lowest BCUT2D eigenvalue weighted by molar-refractivity contribution is -0.384. The molecule has 118 valence electrons. The van der Waals surface area contributed by atoms with E-state index in [9.17, 15) is 14.9 Å². The van der Waals surface area contributed by atoms with Crippen LogP contribution in [0.5, 0.6) is 0 Å². The number of nitro benzene ring substituents is 1. The molecule has 0 radical (unpaired) electrons. The quantitative estimate of drug-likeness (QED) is 0.495. The smallest absolute Gasteiger partial charge is 0.288 e. The first-order valence-corrected chi connectivity index (χ1v) is 7.00. The number of nitrogens with one attached hydrogen (secondary N) is 1. The van der Waals surface area contributed by atoms with Crippen LogP contribution in [-0.4, -0.2) is 54.8 Å². The Bertz CT molecular complexity index is 587. The number of hydrazone groups is 1. The number of nitro groups is 1. The van der Waals surface area contributed by atoms with Crippen molar-refractivity contribution in [2.45, 2.75) is 0 Å². The predicted octanol–water partition coefficient (Wildman–Crippen LogP) is 1.03. The van der Waals surface area contributed by atoms with Gasteiger partial charge in [-0.2, -0.15) is 5.10 Å². The van der Waals surface area contributed by atoms with Crippen molar-refractivity contribution >= 4 is 29.4 Å². The number of ether oxygens (including phenoxy) is 1. The average molecular weight is 327 g/mol. The summed E-state index contributed by atoms with van der Waals surface area (Å²) < 4.78 is 5.19. The number of hydrogen-bond donors (Lipinski definition) is 1. The van der Waals surface area contributed by atoms with Crippen molar-refractivity contribution < 1.29 is 14.5 Å². The molecule has 2 rings (SSSR count). The lowest BCUT2D eigenvalue weighted by Crippen LogP contribution is -2.42. The molecule has 9 heteroatoms. The molecule has 1 saturated heterocycles. The number of morpholine rings is 1. The lowest BCUT2D eigenvalue weighted by Gasteiger charge is -2.25. The van der Waals surface area contributed by atoms with Gasteiger partial charge < -0.3 is 4.74 Å². The maximum absolute atomic E-state index is 11.7. The van der Waals surface area contributed by atoms with Gasteiger partial charge >= 0.3 is 0 Å². The van der Waals surface area contributed by atoms with E-state index in [4.69, 9.17) is 16.3 Å². The topological polar surface area (TPSA) is 97.1 Å². The van der Waals surface area contributed by atoms with Crippen molar-refractivity contribution in [1.82, 2.24) is 10.3 Å². The lowest BCUT2D eigenvalue weighted by atomic mass is 10.2. The van der Waals surface area contributed by atoms with E-state index < -0.39 is 4.92 Å². The van der Waals surface area contributed by atoms with E-state index in [1.54, 1.807) is 6.07 Å². The first-order valence-electron chi connectivity index (χ1n) is 6.62. The summed E-state index contributed by atoms with van der Waals surface area (Å²) in [5.41, 5.74) is 2.66. The Kier molecular flexibility index (Phi) is 5.82. The number of carbonyl (C=O) groups excluding carboxylic acids is 1. The third-order valence-electron chi connectivity index (χ3n) is 3.04. The number of amides is 1. The average Bonchev–Trinajstić information content (AvgIpc) is 2.49. The number of halogens is 1.